The average molecular weight is 193 g/mol. The molecule has 2 bridgehead atoms. The van der Waals surface area contributed by atoms with E-state index in [1.165, 1.54) is 0 Å². The molecular weight excluding hydrogens is 178 g/mol. The Hall–Kier alpha value is -1.24. The summed E-state index contributed by atoms with van der Waals surface area (Å²) in [6, 6.07) is 0.572. The molecular formula is C10H15N3O. The van der Waals surface area contributed by atoms with E-state index < -0.39 is 0 Å². The van der Waals surface area contributed by atoms with Gasteiger partial charge >= 0.3 is 0 Å². The molecule has 2 aliphatic heterocycles. The van der Waals surface area contributed by atoms with Gasteiger partial charge in [0.15, 0.2) is 6.19 Å². The van der Waals surface area contributed by atoms with Crippen LogP contribution in [-0.4, -0.2) is 40.9 Å². The molecule has 0 spiro atoms. The molecule has 2 atom stereocenters. The summed E-state index contributed by atoms with van der Waals surface area (Å²) in [5.74, 6) is 0.306. The third kappa shape index (κ3) is 1.24. The van der Waals surface area contributed by atoms with Gasteiger partial charge in [-0.25, -0.2) is 0 Å². The lowest BCUT2D eigenvalue weighted by Gasteiger charge is -2.32. The lowest BCUT2D eigenvalue weighted by molar-refractivity contribution is -0.136. The Morgan fingerprint density at radius 3 is 2.57 bits per heavy atom. The van der Waals surface area contributed by atoms with Gasteiger partial charge in [0.25, 0.3) is 0 Å². The summed E-state index contributed by atoms with van der Waals surface area (Å²) in [4.78, 5) is 15.5. The molecule has 0 aromatic heterocycles. The van der Waals surface area contributed by atoms with Crippen molar-refractivity contribution >= 4 is 5.91 Å². The maximum Gasteiger partial charge on any atom is 0.225 e. The first-order valence-electron chi connectivity index (χ1n) is 5.10. The van der Waals surface area contributed by atoms with Crippen LogP contribution >= 0.6 is 0 Å². The van der Waals surface area contributed by atoms with Crippen molar-refractivity contribution in [3.05, 3.63) is 0 Å². The van der Waals surface area contributed by atoms with Gasteiger partial charge in [-0.15, -0.1) is 0 Å². The second-order valence-corrected chi connectivity index (χ2v) is 4.44. The molecule has 0 aromatic carbocycles. The smallest absolute Gasteiger partial charge is 0.225 e. The number of carbonyl (C=O) groups is 1. The molecule has 0 N–H and O–H groups in total. The zero-order chi connectivity index (χ0) is 10.3. The molecule has 14 heavy (non-hydrogen) atoms. The fourth-order valence-corrected chi connectivity index (χ4v) is 2.39. The van der Waals surface area contributed by atoms with Gasteiger partial charge in [0.1, 0.15) is 0 Å². The molecule has 0 saturated carbocycles. The Balaban J connectivity index is 2.04. The van der Waals surface area contributed by atoms with Crippen LogP contribution in [0.25, 0.3) is 0 Å². The van der Waals surface area contributed by atoms with E-state index in [9.17, 15) is 4.79 Å². The molecule has 0 aromatic rings. The van der Waals surface area contributed by atoms with E-state index in [-0.39, 0.29) is 23.9 Å². The molecule has 2 saturated heterocycles. The Morgan fingerprint density at radius 1 is 1.43 bits per heavy atom. The fraction of sp³-hybridized carbons (Fsp3) is 0.800. The highest BCUT2D eigenvalue weighted by Gasteiger charge is 2.45. The number of nitrogens with zero attached hydrogens (tertiary/aromatic N) is 3. The fourth-order valence-electron chi connectivity index (χ4n) is 2.39. The summed E-state index contributed by atoms with van der Waals surface area (Å²) in [6.07, 6.45) is 3.16. The van der Waals surface area contributed by atoms with Gasteiger partial charge in [0.05, 0.1) is 12.1 Å². The third-order valence-corrected chi connectivity index (χ3v) is 3.15. The van der Waals surface area contributed by atoms with Crippen molar-refractivity contribution in [1.29, 1.82) is 5.26 Å². The van der Waals surface area contributed by atoms with E-state index in [1.54, 1.807) is 4.90 Å². The maximum atomic E-state index is 11.8. The van der Waals surface area contributed by atoms with Gasteiger partial charge in [-0.3, -0.25) is 4.79 Å². The minimum atomic E-state index is 0.0740. The molecule has 2 heterocycles. The van der Waals surface area contributed by atoms with Crippen LogP contribution in [0.2, 0.25) is 0 Å². The molecule has 4 heteroatoms. The molecule has 2 fully saturated rings. The van der Waals surface area contributed by atoms with Crippen LogP contribution in [0.1, 0.15) is 20.3 Å². The van der Waals surface area contributed by atoms with E-state index in [2.05, 4.69) is 6.19 Å². The number of carbonyl (C=O) groups excluding carboxylic acids is 1. The van der Waals surface area contributed by atoms with E-state index in [1.807, 2.05) is 18.7 Å². The van der Waals surface area contributed by atoms with Crippen LogP contribution < -0.4 is 0 Å². The van der Waals surface area contributed by atoms with Crippen molar-refractivity contribution in [3.8, 4) is 6.19 Å². The standard InChI is InChI=1S/C10H15N3O/c1-7(2)10(14)13-5-8-3-9(13)4-12(8)6-11/h7-9H,3-5H2,1-2H3. The summed E-state index contributed by atoms with van der Waals surface area (Å²) < 4.78 is 0. The van der Waals surface area contributed by atoms with Gasteiger partial charge in [0.2, 0.25) is 5.91 Å². The number of fused-ring (bicyclic) bond motifs is 2. The average Bonchev–Trinajstić information content (AvgIpc) is 2.74. The lowest BCUT2D eigenvalue weighted by atomic mass is 10.1. The number of likely N-dealkylation sites (tertiary alicyclic amines) is 2. The van der Waals surface area contributed by atoms with Crippen LogP contribution in [0.3, 0.4) is 0 Å². The Labute approximate surface area is 84.1 Å². The Kier molecular flexibility index (Phi) is 2.10. The first-order chi connectivity index (χ1) is 6.63. The normalized spacial score (nSPS) is 29.9. The monoisotopic (exact) mass is 193 g/mol. The van der Waals surface area contributed by atoms with Gasteiger partial charge in [-0.2, -0.15) is 5.26 Å². The second kappa shape index (κ2) is 3.16. The number of rotatable bonds is 1. The van der Waals surface area contributed by atoms with Crippen molar-refractivity contribution in [3.63, 3.8) is 0 Å². The SMILES string of the molecule is CC(C)C(=O)N1CC2CC1CN2C#N. The van der Waals surface area contributed by atoms with E-state index >= 15 is 0 Å². The van der Waals surface area contributed by atoms with Crippen LogP contribution in [0.15, 0.2) is 0 Å². The minimum Gasteiger partial charge on any atom is -0.336 e. The van der Waals surface area contributed by atoms with Crippen LogP contribution in [-0.2, 0) is 4.79 Å². The zero-order valence-corrected chi connectivity index (χ0v) is 8.60. The number of nitriles is 1. The highest BCUT2D eigenvalue weighted by molar-refractivity contribution is 5.79. The van der Waals surface area contributed by atoms with Crippen molar-refractivity contribution in [2.24, 2.45) is 5.92 Å². The second-order valence-electron chi connectivity index (χ2n) is 4.44. The quantitative estimate of drug-likeness (QED) is 0.567. The Morgan fingerprint density at radius 2 is 2.14 bits per heavy atom. The van der Waals surface area contributed by atoms with E-state index in [0.717, 1.165) is 19.5 Å². The summed E-state index contributed by atoms with van der Waals surface area (Å²) >= 11 is 0. The topological polar surface area (TPSA) is 47.3 Å². The van der Waals surface area contributed by atoms with Crippen LogP contribution in [0, 0.1) is 17.4 Å². The summed E-state index contributed by atoms with van der Waals surface area (Å²) in [6.45, 7) is 5.33. The predicted molar refractivity (Wildman–Crippen MR) is 51.1 cm³/mol. The van der Waals surface area contributed by atoms with Crippen molar-refractivity contribution in [2.45, 2.75) is 32.4 Å². The highest BCUT2D eigenvalue weighted by Crippen LogP contribution is 2.30. The summed E-state index contributed by atoms with van der Waals surface area (Å²) in [7, 11) is 0. The molecule has 2 rings (SSSR count). The van der Waals surface area contributed by atoms with E-state index in [0.29, 0.717) is 0 Å². The Bertz CT molecular complexity index is 294. The van der Waals surface area contributed by atoms with Crippen molar-refractivity contribution < 1.29 is 4.79 Å². The third-order valence-electron chi connectivity index (χ3n) is 3.15. The minimum absolute atomic E-state index is 0.0740. The number of amides is 1. The van der Waals surface area contributed by atoms with Gasteiger partial charge in [-0.05, 0) is 6.42 Å². The molecule has 0 aliphatic carbocycles. The van der Waals surface area contributed by atoms with Crippen LogP contribution in [0.4, 0.5) is 0 Å². The first kappa shape index (κ1) is 9.32. The van der Waals surface area contributed by atoms with Crippen molar-refractivity contribution in [2.75, 3.05) is 13.1 Å². The lowest BCUT2D eigenvalue weighted by Crippen LogP contribution is -2.48. The first-order valence-corrected chi connectivity index (χ1v) is 5.10. The van der Waals surface area contributed by atoms with Gasteiger partial charge in [0, 0.05) is 19.0 Å². The largest absolute Gasteiger partial charge is 0.336 e. The maximum absolute atomic E-state index is 11.8. The van der Waals surface area contributed by atoms with Crippen LogP contribution in [0.5, 0.6) is 0 Å². The number of hydrogen-bond donors (Lipinski definition) is 0. The molecule has 2 unspecified atom stereocenters. The molecule has 4 nitrogen and oxygen atoms in total. The van der Waals surface area contributed by atoms with Gasteiger partial charge in [-0.1, -0.05) is 13.8 Å². The molecule has 2 aliphatic rings. The molecule has 1 amide bonds. The molecule has 0 radical (unpaired) electrons. The summed E-state index contributed by atoms with van der Waals surface area (Å²) in [5.41, 5.74) is 0. The van der Waals surface area contributed by atoms with Crippen molar-refractivity contribution in [1.82, 2.24) is 9.80 Å². The van der Waals surface area contributed by atoms with Gasteiger partial charge < -0.3 is 9.80 Å². The summed E-state index contributed by atoms with van der Waals surface area (Å²) in [5, 5.41) is 8.79. The predicted octanol–water partition coefficient (Wildman–Crippen LogP) is 0.409. The zero-order valence-electron chi connectivity index (χ0n) is 8.60. The molecule has 76 valence electrons. The number of hydrogen-bond acceptors (Lipinski definition) is 3. The van der Waals surface area contributed by atoms with E-state index in [4.69, 9.17) is 5.26 Å². The highest BCUT2D eigenvalue weighted by atomic mass is 16.2. The number of piperazine rings is 1.